The van der Waals surface area contributed by atoms with E-state index in [4.69, 9.17) is 17.3 Å². The highest BCUT2D eigenvalue weighted by Gasteiger charge is 2.21. The third-order valence-electron chi connectivity index (χ3n) is 3.75. The number of hydrogen-bond acceptors (Lipinski definition) is 3. The summed E-state index contributed by atoms with van der Waals surface area (Å²) in [6.45, 7) is 2.88. The largest absolute Gasteiger partial charge is 0.330 e. The molecule has 1 aromatic carbocycles. The van der Waals surface area contributed by atoms with Gasteiger partial charge in [0.15, 0.2) is 0 Å². The molecular formula is C15H21ClFN3O. The number of carbonyl (C=O) groups excluding carboxylic acids is 1. The predicted molar refractivity (Wildman–Crippen MR) is 82.9 cm³/mol. The van der Waals surface area contributed by atoms with Gasteiger partial charge in [0.05, 0.1) is 11.6 Å². The van der Waals surface area contributed by atoms with Gasteiger partial charge in [0.2, 0.25) is 5.91 Å². The Hall–Kier alpha value is -1.17. The summed E-state index contributed by atoms with van der Waals surface area (Å²) in [5.74, 6) is -0.0155. The molecule has 1 saturated heterocycles. The van der Waals surface area contributed by atoms with Gasteiger partial charge in [-0.2, -0.15) is 0 Å². The fourth-order valence-electron chi connectivity index (χ4n) is 2.74. The van der Waals surface area contributed by atoms with Crippen LogP contribution in [-0.2, 0) is 4.79 Å². The van der Waals surface area contributed by atoms with Crippen molar-refractivity contribution < 1.29 is 9.18 Å². The molecule has 1 amide bonds. The van der Waals surface area contributed by atoms with Gasteiger partial charge in [-0.15, -0.1) is 0 Å². The molecule has 3 N–H and O–H groups in total. The summed E-state index contributed by atoms with van der Waals surface area (Å²) < 4.78 is 13.1. The zero-order chi connectivity index (χ0) is 15.2. The lowest BCUT2D eigenvalue weighted by molar-refractivity contribution is -0.117. The number of benzene rings is 1. The maximum absolute atomic E-state index is 13.1. The number of nitrogens with two attached hydrogens (primary N) is 1. The first-order valence-corrected chi connectivity index (χ1v) is 7.63. The molecule has 0 aliphatic carbocycles. The highest BCUT2D eigenvalue weighted by atomic mass is 35.5. The zero-order valence-corrected chi connectivity index (χ0v) is 12.7. The zero-order valence-electron chi connectivity index (χ0n) is 11.9. The Balaban J connectivity index is 1.84. The fraction of sp³-hybridized carbons (Fsp3) is 0.533. The van der Waals surface area contributed by atoms with E-state index < -0.39 is 5.82 Å². The molecule has 1 fully saturated rings. The molecule has 0 bridgehead atoms. The molecule has 2 rings (SSSR count). The predicted octanol–water partition coefficient (Wildman–Crippen LogP) is 2.48. The SMILES string of the molecule is NCCC1CCCN(CC(=O)Nc2ccc(F)c(Cl)c2)C1. The van der Waals surface area contributed by atoms with E-state index in [1.165, 1.54) is 24.6 Å². The van der Waals surface area contributed by atoms with E-state index in [-0.39, 0.29) is 10.9 Å². The minimum absolute atomic E-state index is 0.00813. The van der Waals surface area contributed by atoms with Crippen LogP contribution in [0.15, 0.2) is 18.2 Å². The third-order valence-corrected chi connectivity index (χ3v) is 4.04. The Kier molecular flexibility index (Phi) is 5.96. The molecular weight excluding hydrogens is 293 g/mol. The van der Waals surface area contributed by atoms with Crippen LogP contribution in [0.1, 0.15) is 19.3 Å². The highest BCUT2D eigenvalue weighted by Crippen LogP contribution is 2.20. The third kappa shape index (κ3) is 4.95. The second kappa shape index (κ2) is 7.73. The summed E-state index contributed by atoms with van der Waals surface area (Å²) in [5.41, 5.74) is 6.11. The number of anilines is 1. The van der Waals surface area contributed by atoms with E-state index in [1.807, 2.05) is 0 Å². The number of likely N-dealkylation sites (tertiary alicyclic amines) is 1. The summed E-state index contributed by atoms with van der Waals surface area (Å²) in [5, 5.41) is 2.76. The van der Waals surface area contributed by atoms with Gasteiger partial charge in [0, 0.05) is 12.2 Å². The second-order valence-corrected chi connectivity index (χ2v) is 5.90. The van der Waals surface area contributed by atoms with Crippen molar-refractivity contribution in [1.29, 1.82) is 0 Å². The van der Waals surface area contributed by atoms with E-state index in [1.54, 1.807) is 0 Å². The Morgan fingerprint density at radius 1 is 1.52 bits per heavy atom. The Morgan fingerprint density at radius 2 is 2.33 bits per heavy atom. The number of piperidine rings is 1. The van der Waals surface area contributed by atoms with E-state index >= 15 is 0 Å². The van der Waals surface area contributed by atoms with Gasteiger partial charge in [-0.1, -0.05) is 11.6 Å². The molecule has 21 heavy (non-hydrogen) atoms. The van der Waals surface area contributed by atoms with Crippen molar-refractivity contribution in [1.82, 2.24) is 4.90 Å². The van der Waals surface area contributed by atoms with Gasteiger partial charge in [0.25, 0.3) is 0 Å². The molecule has 0 aromatic heterocycles. The average molecular weight is 314 g/mol. The number of amides is 1. The molecule has 0 saturated carbocycles. The molecule has 0 radical (unpaired) electrons. The first kappa shape index (κ1) is 16.2. The molecule has 1 aromatic rings. The first-order valence-electron chi connectivity index (χ1n) is 7.26. The highest BCUT2D eigenvalue weighted by molar-refractivity contribution is 6.31. The normalized spacial score (nSPS) is 19.5. The summed E-state index contributed by atoms with van der Waals surface area (Å²) in [6, 6.07) is 4.17. The van der Waals surface area contributed by atoms with Crippen LogP contribution in [-0.4, -0.2) is 37.0 Å². The van der Waals surface area contributed by atoms with Gasteiger partial charge < -0.3 is 11.1 Å². The minimum atomic E-state index is -0.490. The monoisotopic (exact) mass is 313 g/mol. The molecule has 1 unspecified atom stereocenters. The number of nitrogens with zero attached hydrogens (tertiary/aromatic N) is 1. The van der Waals surface area contributed by atoms with Crippen LogP contribution >= 0.6 is 11.6 Å². The van der Waals surface area contributed by atoms with Crippen molar-refractivity contribution in [3.05, 3.63) is 29.0 Å². The lowest BCUT2D eigenvalue weighted by Gasteiger charge is -2.32. The van der Waals surface area contributed by atoms with Crippen molar-refractivity contribution in [3.63, 3.8) is 0 Å². The van der Waals surface area contributed by atoms with E-state index in [0.29, 0.717) is 24.7 Å². The molecule has 6 heteroatoms. The molecule has 116 valence electrons. The maximum atomic E-state index is 13.1. The molecule has 1 atom stereocenters. The fourth-order valence-corrected chi connectivity index (χ4v) is 2.92. The van der Waals surface area contributed by atoms with Crippen molar-refractivity contribution in [3.8, 4) is 0 Å². The van der Waals surface area contributed by atoms with Crippen molar-refractivity contribution in [2.24, 2.45) is 11.7 Å². The molecule has 1 aliphatic heterocycles. The molecule has 1 aliphatic rings. The first-order chi connectivity index (χ1) is 10.1. The van der Waals surface area contributed by atoms with Gasteiger partial charge in [-0.3, -0.25) is 9.69 Å². The van der Waals surface area contributed by atoms with Crippen LogP contribution < -0.4 is 11.1 Å². The number of hydrogen-bond donors (Lipinski definition) is 2. The van der Waals surface area contributed by atoms with Crippen LogP contribution in [0.4, 0.5) is 10.1 Å². The maximum Gasteiger partial charge on any atom is 0.238 e. The van der Waals surface area contributed by atoms with E-state index in [2.05, 4.69) is 10.2 Å². The molecule has 4 nitrogen and oxygen atoms in total. The Morgan fingerprint density at radius 3 is 3.05 bits per heavy atom. The second-order valence-electron chi connectivity index (χ2n) is 5.50. The van der Waals surface area contributed by atoms with Gasteiger partial charge in [-0.05, 0) is 56.5 Å². The van der Waals surface area contributed by atoms with Crippen LogP contribution in [0, 0.1) is 11.7 Å². The van der Waals surface area contributed by atoms with Crippen LogP contribution in [0.5, 0.6) is 0 Å². The summed E-state index contributed by atoms with van der Waals surface area (Å²) in [4.78, 5) is 14.2. The lowest BCUT2D eigenvalue weighted by atomic mass is 9.95. The lowest BCUT2D eigenvalue weighted by Crippen LogP contribution is -2.40. The Labute approximate surface area is 129 Å². The summed E-state index contributed by atoms with van der Waals surface area (Å²) in [7, 11) is 0. The summed E-state index contributed by atoms with van der Waals surface area (Å²) >= 11 is 5.69. The topological polar surface area (TPSA) is 58.4 Å². The smallest absolute Gasteiger partial charge is 0.238 e. The van der Waals surface area contributed by atoms with Gasteiger partial charge in [-0.25, -0.2) is 4.39 Å². The number of nitrogens with one attached hydrogen (secondary N) is 1. The molecule has 1 heterocycles. The quantitative estimate of drug-likeness (QED) is 0.878. The number of rotatable bonds is 5. The van der Waals surface area contributed by atoms with Crippen molar-refractivity contribution in [2.75, 3.05) is 31.5 Å². The van der Waals surface area contributed by atoms with Crippen molar-refractivity contribution >= 4 is 23.2 Å². The van der Waals surface area contributed by atoms with Crippen LogP contribution in [0.2, 0.25) is 5.02 Å². The number of carbonyl (C=O) groups is 1. The average Bonchev–Trinajstić information content (AvgIpc) is 2.43. The standard InChI is InChI=1S/C15H21ClFN3O/c16-13-8-12(3-4-14(13)17)19-15(21)10-20-7-1-2-11(9-20)5-6-18/h3-4,8,11H,1-2,5-7,9-10,18H2,(H,19,21). The van der Waals surface area contributed by atoms with Gasteiger partial charge >= 0.3 is 0 Å². The van der Waals surface area contributed by atoms with Crippen LogP contribution in [0.25, 0.3) is 0 Å². The van der Waals surface area contributed by atoms with Gasteiger partial charge in [0.1, 0.15) is 5.82 Å². The van der Waals surface area contributed by atoms with Crippen molar-refractivity contribution in [2.45, 2.75) is 19.3 Å². The van der Waals surface area contributed by atoms with E-state index in [0.717, 1.165) is 25.9 Å². The van der Waals surface area contributed by atoms with E-state index in [9.17, 15) is 9.18 Å². The molecule has 0 spiro atoms. The Bertz CT molecular complexity index is 496. The number of halogens is 2. The summed E-state index contributed by atoms with van der Waals surface area (Å²) in [6.07, 6.45) is 3.29. The minimum Gasteiger partial charge on any atom is -0.330 e. The van der Waals surface area contributed by atoms with Crippen LogP contribution in [0.3, 0.4) is 0 Å².